The van der Waals surface area contributed by atoms with Crippen molar-refractivity contribution in [3.8, 4) is 23.1 Å². The smallest absolute Gasteiger partial charge is 0.407 e. The van der Waals surface area contributed by atoms with Crippen LogP contribution in [0.25, 0.3) is 20.7 Å². The first kappa shape index (κ1) is 42.5. The number of fused-ring (bicyclic) bond motifs is 1. The molecule has 0 unspecified atom stereocenters. The van der Waals surface area contributed by atoms with Crippen molar-refractivity contribution in [2.24, 2.45) is 0 Å². The molecular formula is C36H52N8O5S2. The van der Waals surface area contributed by atoms with Crippen molar-refractivity contribution in [3.05, 3.63) is 47.1 Å². The number of imidazole rings is 2. The molecule has 0 bridgehead atoms. The molecule has 0 saturated carbocycles. The van der Waals surface area contributed by atoms with E-state index in [4.69, 9.17) is 0 Å². The van der Waals surface area contributed by atoms with Gasteiger partial charge in [0.25, 0.3) is 0 Å². The maximum Gasteiger partial charge on any atom is 0.407 e. The maximum atomic E-state index is 11.3. The normalized spacial score (nSPS) is 12.7. The van der Waals surface area contributed by atoms with Crippen LogP contribution in [0.4, 0.5) is 4.79 Å². The van der Waals surface area contributed by atoms with E-state index in [-0.39, 0.29) is 30.8 Å². The molecule has 4 aromatic heterocycles. The summed E-state index contributed by atoms with van der Waals surface area (Å²) >= 11 is 3.43. The summed E-state index contributed by atoms with van der Waals surface area (Å²) in [4.78, 5) is 61.4. The SMILES string of the molecule is C(#Cc1csc2c(-c3cnc[nH]3)csc12)c1cnc[nH]1.CC(=O)NCC(=O)N1CCCC1.CCC.CCC.COC(=O)NCC(=O)N1CCCC1. The number of H-pyrrole nitrogens is 2. The summed E-state index contributed by atoms with van der Waals surface area (Å²) in [6.07, 6.45) is 13.1. The molecule has 6 rings (SSSR count). The molecule has 2 saturated heterocycles. The Morgan fingerprint density at radius 3 is 1.80 bits per heavy atom. The number of thiophene rings is 2. The Balaban J connectivity index is 0.000000256. The van der Waals surface area contributed by atoms with Gasteiger partial charge < -0.3 is 35.1 Å². The van der Waals surface area contributed by atoms with Crippen LogP contribution in [0.3, 0.4) is 0 Å². The Bertz CT molecular complexity index is 1640. The molecule has 0 aliphatic carbocycles. The van der Waals surface area contributed by atoms with Gasteiger partial charge in [0, 0.05) is 49.4 Å². The monoisotopic (exact) mass is 740 g/mol. The van der Waals surface area contributed by atoms with E-state index in [2.05, 4.69) is 85.6 Å². The molecule has 0 aromatic carbocycles. The van der Waals surface area contributed by atoms with Gasteiger partial charge in [-0.1, -0.05) is 46.5 Å². The van der Waals surface area contributed by atoms with Crippen LogP contribution in [0, 0.1) is 11.8 Å². The summed E-state index contributed by atoms with van der Waals surface area (Å²) in [5.74, 6) is 6.13. The Labute approximate surface area is 309 Å². The molecule has 2 aliphatic heterocycles. The number of amides is 4. The number of aromatic amines is 2. The Hall–Kier alpha value is -4.68. The van der Waals surface area contributed by atoms with Crippen LogP contribution in [0.2, 0.25) is 0 Å². The minimum Gasteiger partial charge on any atom is -0.453 e. The number of nitrogens with one attached hydrogen (secondary N) is 4. The molecule has 13 nitrogen and oxygen atoms in total. The van der Waals surface area contributed by atoms with Gasteiger partial charge in [-0.15, -0.1) is 22.7 Å². The highest BCUT2D eigenvalue weighted by atomic mass is 32.1. The second kappa shape index (κ2) is 24.5. The molecule has 4 aromatic rings. The average molecular weight is 741 g/mol. The molecule has 2 aliphatic rings. The number of hydrogen-bond donors (Lipinski definition) is 4. The zero-order valence-corrected chi connectivity index (χ0v) is 32.2. The minimum absolute atomic E-state index is 0.0303. The molecule has 51 heavy (non-hydrogen) atoms. The number of alkyl carbamates (subject to hydrolysis) is 1. The second-order valence-electron chi connectivity index (χ2n) is 11.5. The molecule has 4 amide bonds. The molecule has 2 fully saturated rings. The average Bonchev–Trinajstić information content (AvgIpc) is 3.96. The minimum atomic E-state index is -0.562. The molecule has 278 valence electrons. The van der Waals surface area contributed by atoms with Gasteiger partial charge in [0.05, 0.1) is 59.4 Å². The number of nitrogens with zero attached hydrogens (tertiary/aromatic N) is 4. The number of carbonyl (C=O) groups excluding carboxylic acids is 4. The summed E-state index contributed by atoms with van der Waals surface area (Å²) in [5.41, 5.74) is 4.14. The third-order valence-corrected chi connectivity index (χ3v) is 9.03. The number of likely N-dealkylation sites (tertiary alicyclic amines) is 2. The molecule has 0 spiro atoms. The first-order valence-corrected chi connectivity index (χ1v) is 19.0. The highest BCUT2D eigenvalue weighted by Gasteiger charge is 2.18. The van der Waals surface area contributed by atoms with Crippen molar-refractivity contribution in [3.63, 3.8) is 0 Å². The number of methoxy groups -OCH3 is 1. The molecule has 4 N–H and O–H groups in total. The van der Waals surface area contributed by atoms with Crippen LogP contribution < -0.4 is 10.6 Å². The molecular weight excluding hydrogens is 689 g/mol. The summed E-state index contributed by atoms with van der Waals surface area (Å²) in [7, 11) is 1.27. The van der Waals surface area contributed by atoms with Gasteiger partial charge in [0.15, 0.2) is 0 Å². The number of rotatable bonds is 5. The molecule has 15 heteroatoms. The predicted octanol–water partition coefficient (Wildman–Crippen LogP) is 6.02. The zero-order valence-electron chi connectivity index (χ0n) is 30.6. The first-order chi connectivity index (χ1) is 24.7. The van der Waals surface area contributed by atoms with Crippen molar-refractivity contribution < 1.29 is 23.9 Å². The van der Waals surface area contributed by atoms with E-state index >= 15 is 0 Å². The van der Waals surface area contributed by atoms with Crippen LogP contribution in [-0.4, -0.2) is 99.9 Å². The van der Waals surface area contributed by atoms with E-state index in [1.165, 1.54) is 41.8 Å². The number of hydrogen-bond acceptors (Lipinski definition) is 9. The summed E-state index contributed by atoms with van der Waals surface area (Å²) in [5, 5.41) is 9.10. The van der Waals surface area contributed by atoms with Crippen LogP contribution in [0.5, 0.6) is 0 Å². The van der Waals surface area contributed by atoms with Crippen LogP contribution in [0.15, 0.2) is 35.8 Å². The van der Waals surface area contributed by atoms with E-state index in [9.17, 15) is 19.2 Å². The van der Waals surface area contributed by atoms with Crippen LogP contribution in [-0.2, 0) is 19.1 Å². The Morgan fingerprint density at radius 1 is 0.784 bits per heavy atom. The van der Waals surface area contributed by atoms with Crippen LogP contribution >= 0.6 is 22.7 Å². The Kier molecular flexibility index (Phi) is 20.4. The topological polar surface area (TPSA) is 165 Å². The van der Waals surface area contributed by atoms with E-state index in [0.717, 1.165) is 68.8 Å². The van der Waals surface area contributed by atoms with Gasteiger partial charge in [-0.2, -0.15) is 0 Å². The predicted molar refractivity (Wildman–Crippen MR) is 205 cm³/mol. The van der Waals surface area contributed by atoms with E-state index < -0.39 is 6.09 Å². The maximum absolute atomic E-state index is 11.3. The summed E-state index contributed by atoms with van der Waals surface area (Å²) in [6, 6.07) is 0. The summed E-state index contributed by atoms with van der Waals surface area (Å²) in [6.45, 7) is 13.4. The van der Waals surface area contributed by atoms with Crippen LogP contribution in [0.1, 0.15) is 84.4 Å². The fourth-order valence-corrected chi connectivity index (χ4v) is 6.83. The van der Waals surface area contributed by atoms with E-state index in [1.807, 2.05) is 6.20 Å². The van der Waals surface area contributed by atoms with Crippen molar-refractivity contribution in [2.75, 3.05) is 46.4 Å². The third-order valence-electron chi connectivity index (χ3n) is 6.88. The number of aromatic nitrogens is 4. The van der Waals surface area contributed by atoms with Gasteiger partial charge in [0.2, 0.25) is 17.7 Å². The lowest BCUT2D eigenvalue weighted by Gasteiger charge is -2.14. The lowest BCUT2D eigenvalue weighted by Crippen LogP contribution is -2.38. The third kappa shape index (κ3) is 15.4. The Morgan fingerprint density at radius 2 is 1.31 bits per heavy atom. The van der Waals surface area contributed by atoms with Gasteiger partial charge in [-0.25, -0.2) is 14.8 Å². The van der Waals surface area contributed by atoms with Gasteiger partial charge in [0.1, 0.15) is 12.2 Å². The molecule has 0 atom stereocenters. The summed E-state index contributed by atoms with van der Waals surface area (Å²) < 4.78 is 6.83. The van der Waals surface area contributed by atoms with Gasteiger partial charge in [-0.05, 0) is 31.6 Å². The lowest BCUT2D eigenvalue weighted by atomic mass is 10.2. The molecule has 0 radical (unpaired) electrons. The number of carbonyl (C=O) groups is 4. The standard InChI is InChI=1S/C14H8N4S2.C8H14N2O3.C8H14N2O2.2C3H8/c1(2-10-3-15-7-17-10)9-5-19-14-11(6-20-13(9)14)12-4-16-8-18-12;1-13-8(12)9-6-7(11)10-4-2-3-5-10;1-7(11)9-6-8(12)10-4-2-3-5-10;2*1-3-2/h3-8H,(H,15,17)(H,16,18);2-6H2,1H3,(H,9,12);2-6H2,1H3,(H,9,11);2*3H2,1-2H3. The zero-order chi connectivity index (χ0) is 37.4. The molecule has 6 heterocycles. The lowest BCUT2D eigenvalue weighted by molar-refractivity contribution is -0.131. The number of ether oxygens (including phenoxy) is 1. The fourth-order valence-electron chi connectivity index (χ4n) is 4.53. The van der Waals surface area contributed by atoms with Crippen molar-refractivity contribution in [1.29, 1.82) is 0 Å². The highest BCUT2D eigenvalue weighted by molar-refractivity contribution is 7.27. The van der Waals surface area contributed by atoms with Crippen molar-refractivity contribution >= 4 is 55.9 Å². The van der Waals surface area contributed by atoms with Crippen molar-refractivity contribution in [2.45, 2.75) is 73.1 Å². The van der Waals surface area contributed by atoms with Gasteiger partial charge >= 0.3 is 6.09 Å². The second-order valence-corrected chi connectivity index (χ2v) is 13.2. The van der Waals surface area contributed by atoms with Crippen molar-refractivity contribution in [1.82, 2.24) is 40.4 Å². The van der Waals surface area contributed by atoms with E-state index in [1.54, 1.807) is 51.3 Å². The van der Waals surface area contributed by atoms with E-state index in [0.29, 0.717) is 0 Å². The quantitative estimate of drug-likeness (QED) is 0.182. The van der Waals surface area contributed by atoms with Gasteiger partial charge in [-0.3, -0.25) is 14.4 Å². The highest BCUT2D eigenvalue weighted by Crippen LogP contribution is 2.39. The first-order valence-electron chi connectivity index (χ1n) is 17.3. The largest absolute Gasteiger partial charge is 0.453 e. The fraction of sp³-hybridized carbons (Fsp3) is 0.500.